The zero-order valence-electron chi connectivity index (χ0n) is 14.0. The first kappa shape index (κ1) is 16.8. The summed E-state index contributed by atoms with van der Waals surface area (Å²) in [6.45, 7) is 1.46. The molecule has 1 fully saturated rings. The second-order valence-electron chi connectivity index (χ2n) is 6.06. The summed E-state index contributed by atoms with van der Waals surface area (Å²) < 4.78 is 0. The van der Waals surface area contributed by atoms with Gasteiger partial charge in [-0.2, -0.15) is 5.26 Å². The van der Waals surface area contributed by atoms with Crippen molar-refractivity contribution in [3.63, 3.8) is 0 Å². The molecule has 1 saturated heterocycles. The van der Waals surface area contributed by atoms with E-state index in [0.29, 0.717) is 12.1 Å². The van der Waals surface area contributed by atoms with E-state index in [1.807, 2.05) is 36.4 Å². The Morgan fingerprint density at radius 2 is 2.08 bits per heavy atom. The zero-order chi connectivity index (χ0) is 17.5. The minimum Gasteiger partial charge on any atom is -0.352 e. The van der Waals surface area contributed by atoms with Gasteiger partial charge in [0.1, 0.15) is 11.9 Å². The topological polar surface area (TPSA) is 81.0 Å². The van der Waals surface area contributed by atoms with Gasteiger partial charge >= 0.3 is 6.03 Å². The van der Waals surface area contributed by atoms with E-state index in [9.17, 15) is 4.79 Å². The highest BCUT2D eigenvalue weighted by atomic mass is 16.2. The standard InChI is InChI=1S/C19H21N5O/c20-12-15-9-10-18(21-13-15)24-11-5-4-8-17(24)14-22-19(25)23-16-6-2-1-3-7-16/h1-3,6-7,9-10,13,17H,4-5,8,11,14H2,(H2,22,23,25). The molecule has 2 heterocycles. The van der Waals surface area contributed by atoms with Crippen molar-refractivity contribution in [2.24, 2.45) is 0 Å². The van der Waals surface area contributed by atoms with Gasteiger partial charge in [-0.15, -0.1) is 0 Å². The Balaban J connectivity index is 1.59. The lowest BCUT2D eigenvalue weighted by molar-refractivity contribution is 0.250. The van der Waals surface area contributed by atoms with Crippen molar-refractivity contribution in [3.8, 4) is 6.07 Å². The molecule has 1 atom stereocenters. The average Bonchev–Trinajstić information content (AvgIpc) is 2.67. The monoisotopic (exact) mass is 335 g/mol. The normalized spacial score (nSPS) is 16.8. The van der Waals surface area contributed by atoms with E-state index in [1.54, 1.807) is 12.3 Å². The van der Waals surface area contributed by atoms with Crippen molar-refractivity contribution in [3.05, 3.63) is 54.2 Å². The van der Waals surface area contributed by atoms with E-state index in [2.05, 4.69) is 26.6 Å². The molecule has 3 rings (SSSR count). The van der Waals surface area contributed by atoms with Crippen LogP contribution in [0.1, 0.15) is 24.8 Å². The molecule has 128 valence electrons. The zero-order valence-corrected chi connectivity index (χ0v) is 14.0. The van der Waals surface area contributed by atoms with Crippen LogP contribution in [0, 0.1) is 11.3 Å². The lowest BCUT2D eigenvalue weighted by atomic mass is 10.0. The van der Waals surface area contributed by atoms with Gasteiger partial charge < -0.3 is 15.5 Å². The maximum atomic E-state index is 12.1. The van der Waals surface area contributed by atoms with Crippen molar-refractivity contribution in [2.75, 3.05) is 23.3 Å². The summed E-state index contributed by atoms with van der Waals surface area (Å²) in [5, 5.41) is 14.7. The van der Waals surface area contributed by atoms with Gasteiger partial charge in [-0.3, -0.25) is 0 Å². The average molecular weight is 335 g/mol. The molecule has 1 aliphatic heterocycles. The van der Waals surface area contributed by atoms with Crippen LogP contribution in [0.2, 0.25) is 0 Å². The Kier molecular flexibility index (Phi) is 5.47. The summed E-state index contributed by atoms with van der Waals surface area (Å²) in [7, 11) is 0. The quantitative estimate of drug-likeness (QED) is 0.899. The first-order valence-electron chi connectivity index (χ1n) is 8.49. The van der Waals surface area contributed by atoms with E-state index < -0.39 is 0 Å². The molecule has 0 saturated carbocycles. The maximum Gasteiger partial charge on any atom is 0.319 e. The summed E-state index contributed by atoms with van der Waals surface area (Å²) >= 11 is 0. The van der Waals surface area contributed by atoms with Crippen molar-refractivity contribution in [1.82, 2.24) is 10.3 Å². The number of amides is 2. The fourth-order valence-corrected chi connectivity index (χ4v) is 3.04. The van der Waals surface area contributed by atoms with E-state index in [1.165, 1.54) is 0 Å². The number of nitriles is 1. The number of rotatable bonds is 4. The Labute approximate surface area is 147 Å². The van der Waals surface area contributed by atoms with Gasteiger partial charge in [0.15, 0.2) is 0 Å². The third-order valence-electron chi connectivity index (χ3n) is 4.33. The molecule has 0 radical (unpaired) electrons. The SMILES string of the molecule is N#Cc1ccc(N2CCCCC2CNC(=O)Nc2ccccc2)nc1. The highest BCUT2D eigenvalue weighted by Gasteiger charge is 2.24. The van der Waals surface area contributed by atoms with Crippen molar-refractivity contribution >= 4 is 17.5 Å². The van der Waals surface area contributed by atoms with Crippen molar-refractivity contribution in [1.29, 1.82) is 5.26 Å². The number of para-hydroxylation sites is 1. The fourth-order valence-electron chi connectivity index (χ4n) is 3.04. The van der Waals surface area contributed by atoms with Crippen LogP contribution < -0.4 is 15.5 Å². The molecule has 2 N–H and O–H groups in total. The van der Waals surface area contributed by atoms with Crippen LogP contribution >= 0.6 is 0 Å². The number of benzene rings is 1. The number of aromatic nitrogens is 1. The Hall–Kier alpha value is -3.07. The number of carbonyl (C=O) groups excluding carboxylic acids is 1. The maximum absolute atomic E-state index is 12.1. The lowest BCUT2D eigenvalue weighted by Crippen LogP contribution is -2.48. The van der Waals surface area contributed by atoms with Crippen LogP contribution in [0.3, 0.4) is 0 Å². The summed E-state index contributed by atoms with van der Waals surface area (Å²) in [4.78, 5) is 18.7. The smallest absolute Gasteiger partial charge is 0.319 e. The highest BCUT2D eigenvalue weighted by molar-refractivity contribution is 5.89. The van der Waals surface area contributed by atoms with Crippen LogP contribution in [-0.4, -0.2) is 30.1 Å². The number of nitrogens with one attached hydrogen (secondary N) is 2. The molecular formula is C19H21N5O. The Bertz CT molecular complexity index is 739. The van der Waals surface area contributed by atoms with Crippen molar-refractivity contribution in [2.45, 2.75) is 25.3 Å². The van der Waals surface area contributed by atoms with E-state index >= 15 is 0 Å². The fraction of sp³-hybridized carbons (Fsp3) is 0.316. The van der Waals surface area contributed by atoms with Crippen LogP contribution in [0.5, 0.6) is 0 Å². The molecule has 0 spiro atoms. The Morgan fingerprint density at radius 3 is 2.80 bits per heavy atom. The predicted octanol–water partition coefficient (Wildman–Crippen LogP) is 3.13. The molecule has 1 unspecified atom stereocenters. The summed E-state index contributed by atoms with van der Waals surface area (Å²) in [5.41, 5.74) is 1.33. The number of urea groups is 1. The number of carbonyl (C=O) groups is 1. The van der Waals surface area contributed by atoms with Gasteiger partial charge in [-0.25, -0.2) is 9.78 Å². The second-order valence-corrected chi connectivity index (χ2v) is 6.06. The predicted molar refractivity (Wildman–Crippen MR) is 97.4 cm³/mol. The number of nitrogens with zero attached hydrogens (tertiary/aromatic N) is 3. The Morgan fingerprint density at radius 1 is 1.24 bits per heavy atom. The molecular weight excluding hydrogens is 314 g/mol. The molecule has 2 amide bonds. The van der Waals surface area contributed by atoms with Gasteiger partial charge in [0.2, 0.25) is 0 Å². The second kappa shape index (κ2) is 8.15. The molecule has 2 aromatic rings. The summed E-state index contributed by atoms with van der Waals surface area (Å²) in [6.07, 6.45) is 4.84. The number of hydrogen-bond acceptors (Lipinski definition) is 4. The minimum absolute atomic E-state index is 0.204. The van der Waals surface area contributed by atoms with Gasteiger partial charge in [0.05, 0.1) is 5.56 Å². The van der Waals surface area contributed by atoms with E-state index in [-0.39, 0.29) is 12.1 Å². The van der Waals surface area contributed by atoms with Gasteiger partial charge in [-0.1, -0.05) is 18.2 Å². The molecule has 6 heteroatoms. The van der Waals surface area contributed by atoms with Crippen molar-refractivity contribution < 1.29 is 4.79 Å². The number of anilines is 2. The van der Waals surface area contributed by atoms with Crippen LogP contribution in [0.15, 0.2) is 48.7 Å². The summed E-state index contributed by atoms with van der Waals surface area (Å²) in [6, 6.07) is 15.1. The minimum atomic E-state index is -0.204. The third-order valence-corrected chi connectivity index (χ3v) is 4.33. The highest BCUT2D eigenvalue weighted by Crippen LogP contribution is 2.22. The molecule has 0 bridgehead atoms. The van der Waals surface area contributed by atoms with Gasteiger partial charge in [0.25, 0.3) is 0 Å². The molecule has 1 aromatic heterocycles. The molecule has 1 aromatic carbocycles. The first-order valence-corrected chi connectivity index (χ1v) is 8.49. The molecule has 25 heavy (non-hydrogen) atoms. The van der Waals surface area contributed by atoms with E-state index in [0.717, 1.165) is 37.3 Å². The lowest BCUT2D eigenvalue weighted by Gasteiger charge is -2.36. The van der Waals surface area contributed by atoms with E-state index in [4.69, 9.17) is 5.26 Å². The van der Waals surface area contributed by atoms with Gasteiger partial charge in [-0.05, 0) is 43.5 Å². The third kappa shape index (κ3) is 4.48. The molecule has 1 aliphatic rings. The number of hydrogen-bond donors (Lipinski definition) is 2. The van der Waals surface area contributed by atoms with Gasteiger partial charge in [0, 0.05) is 31.0 Å². The van der Waals surface area contributed by atoms with Crippen LogP contribution in [0.25, 0.3) is 0 Å². The first-order chi connectivity index (χ1) is 12.3. The largest absolute Gasteiger partial charge is 0.352 e. The number of piperidine rings is 1. The van der Waals surface area contributed by atoms with Crippen LogP contribution in [-0.2, 0) is 0 Å². The number of pyridine rings is 1. The molecule has 0 aliphatic carbocycles. The molecule has 6 nitrogen and oxygen atoms in total. The van der Waals surface area contributed by atoms with Crippen LogP contribution in [0.4, 0.5) is 16.3 Å². The summed E-state index contributed by atoms with van der Waals surface area (Å²) in [5.74, 6) is 0.856.